The first-order valence-corrected chi connectivity index (χ1v) is 7.83. The summed E-state index contributed by atoms with van der Waals surface area (Å²) in [7, 11) is 0. The van der Waals surface area contributed by atoms with Crippen molar-refractivity contribution in [1.82, 2.24) is 20.1 Å². The number of nitrogens with zero attached hydrogens (tertiary/aromatic N) is 3. The van der Waals surface area contributed by atoms with Gasteiger partial charge in [-0.2, -0.15) is 0 Å². The monoisotopic (exact) mass is 316 g/mol. The highest BCUT2D eigenvalue weighted by Crippen LogP contribution is 2.14. The fraction of sp³-hybridized carbons (Fsp3) is 0.471. The van der Waals surface area contributed by atoms with Crippen LogP contribution in [0.3, 0.4) is 0 Å². The van der Waals surface area contributed by atoms with Gasteiger partial charge in [0.25, 0.3) is 0 Å². The number of aliphatic hydroxyl groups is 1. The van der Waals surface area contributed by atoms with Crippen LogP contribution in [0.15, 0.2) is 36.7 Å². The first-order valence-electron chi connectivity index (χ1n) is 7.83. The number of benzene rings is 1. The van der Waals surface area contributed by atoms with Crippen LogP contribution in [0.4, 0.5) is 0 Å². The lowest BCUT2D eigenvalue weighted by Crippen LogP contribution is -2.44. The molecule has 1 unspecified atom stereocenters. The number of aryl methyl sites for hydroxylation is 1. The van der Waals surface area contributed by atoms with Crippen molar-refractivity contribution in [3.05, 3.63) is 42.5 Å². The summed E-state index contributed by atoms with van der Waals surface area (Å²) in [6, 6.07) is 9.76. The van der Waals surface area contributed by atoms with Crippen molar-refractivity contribution in [2.24, 2.45) is 5.92 Å². The second kappa shape index (κ2) is 7.37. The molecular weight excluding hydrogens is 292 g/mol. The second-order valence-electron chi connectivity index (χ2n) is 6.24. The average Bonchev–Trinajstić information content (AvgIpc) is 3.00. The van der Waals surface area contributed by atoms with E-state index in [2.05, 4.69) is 15.5 Å². The van der Waals surface area contributed by atoms with Crippen LogP contribution in [0.25, 0.3) is 5.69 Å². The molecule has 0 spiro atoms. The maximum atomic E-state index is 12.0. The largest absolute Gasteiger partial charge is 0.388 e. The summed E-state index contributed by atoms with van der Waals surface area (Å²) in [5.74, 6) is 0.708. The Kier molecular flexibility index (Phi) is 5.50. The Morgan fingerprint density at radius 2 is 2.04 bits per heavy atom. The van der Waals surface area contributed by atoms with Gasteiger partial charge in [-0.15, -0.1) is 10.2 Å². The van der Waals surface area contributed by atoms with Gasteiger partial charge in [0.1, 0.15) is 12.2 Å². The minimum Gasteiger partial charge on any atom is -0.388 e. The van der Waals surface area contributed by atoms with Gasteiger partial charge in [0.2, 0.25) is 5.91 Å². The van der Waals surface area contributed by atoms with Crippen molar-refractivity contribution in [2.45, 2.75) is 39.2 Å². The van der Waals surface area contributed by atoms with Crippen molar-refractivity contribution in [3.8, 4) is 5.69 Å². The van der Waals surface area contributed by atoms with Crippen LogP contribution in [0.1, 0.15) is 33.0 Å². The Labute approximate surface area is 136 Å². The van der Waals surface area contributed by atoms with E-state index in [0.717, 1.165) is 11.5 Å². The molecular formula is C17H24N4O2. The molecule has 124 valence electrons. The third-order valence-electron chi connectivity index (χ3n) is 4.12. The van der Waals surface area contributed by atoms with E-state index >= 15 is 0 Å². The van der Waals surface area contributed by atoms with Gasteiger partial charge in [0, 0.05) is 25.1 Å². The Bertz CT molecular complexity index is 635. The van der Waals surface area contributed by atoms with Crippen LogP contribution in [-0.2, 0) is 11.2 Å². The van der Waals surface area contributed by atoms with E-state index in [1.54, 1.807) is 13.3 Å². The molecule has 0 aliphatic carbocycles. The number of amides is 1. The molecule has 0 fully saturated rings. The molecule has 0 saturated carbocycles. The smallest absolute Gasteiger partial charge is 0.220 e. The van der Waals surface area contributed by atoms with Gasteiger partial charge in [-0.3, -0.25) is 9.36 Å². The molecule has 1 amide bonds. The Hall–Kier alpha value is -2.21. The molecule has 2 N–H and O–H groups in total. The summed E-state index contributed by atoms with van der Waals surface area (Å²) < 4.78 is 1.87. The topological polar surface area (TPSA) is 80.0 Å². The fourth-order valence-electron chi connectivity index (χ4n) is 2.03. The fourth-order valence-corrected chi connectivity index (χ4v) is 2.03. The summed E-state index contributed by atoms with van der Waals surface area (Å²) in [6.45, 7) is 5.82. The average molecular weight is 316 g/mol. The predicted molar refractivity (Wildman–Crippen MR) is 88.2 cm³/mol. The molecule has 0 radical (unpaired) electrons. The van der Waals surface area contributed by atoms with E-state index in [1.165, 1.54) is 0 Å². The summed E-state index contributed by atoms with van der Waals surface area (Å²) in [5, 5.41) is 20.9. The molecule has 6 nitrogen and oxygen atoms in total. The zero-order valence-electron chi connectivity index (χ0n) is 13.9. The van der Waals surface area contributed by atoms with E-state index in [4.69, 9.17) is 0 Å². The third-order valence-corrected chi connectivity index (χ3v) is 4.12. The number of hydrogen-bond acceptors (Lipinski definition) is 4. The lowest BCUT2D eigenvalue weighted by atomic mass is 9.92. The zero-order chi connectivity index (χ0) is 16.9. The summed E-state index contributed by atoms with van der Waals surface area (Å²) >= 11 is 0. The van der Waals surface area contributed by atoms with E-state index in [-0.39, 0.29) is 18.4 Å². The highest BCUT2D eigenvalue weighted by atomic mass is 16.3. The van der Waals surface area contributed by atoms with Crippen molar-refractivity contribution in [1.29, 1.82) is 0 Å². The number of aromatic nitrogens is 3. The first-order chi connectivity index (χ1) is 10.9. The molecule has 0 saturated heterocycles. The van der Waals surface area contributed by atoms with Crippen molar-refractivity contribution in [3.63, 3.8) is 0 Å². The molecule has 1 aromatic heterocycles. The number of hydrogen-bond donors (Lipinski definition) is 2. The Balaban J connectivity index is 1.90. The number of para-hydroxylation sites is 1. The van der Waals surface area contributed by atoms with Crippen LogP contribution >= 0.6 is 0 Å². The minimum absolute atomic E-state index is 0.0731. The molecule has 6 heteroatoms. The normalized spacial score (nSPS) is 13.8. The minimum atomic E-state index is -0.903. The van der Waals surface area contributed by atoms with Crippen LogP contribution < -0.4 is 5.32 Å². The second-order valence-corrected chi connectivity index (χ2v) is 6.24. The first kappa shape index (κ1) is 17.1. The molecule has 1 atom stereocenters. The van der Waals surface area contributed by atoms with Crippen LogP contribution in [0, 0.1) is 5.92 Å². The molecule has 0 aliphatic rings. The van der Waals surface area contributed by atoms with Crippen LogP contribution in [0.2, 0.25) is 0 Å². The Morgan fingerprint density at radius 1 is 1.35 bits per heavy atom. The molecule has 2 aromatic rings. The van der Waals surface area contributed by atoms with Gasteiger partial charge in [-0.25, -0.2) is 0 Å². The van der Waals surface area contributed by atoms with Gasteiger partial charge >= 0.3 is 0 Å². The van der Waals surface area contributed by atoms with Crippen molar-refractivity contribution in [2.75, 3.05) is 6.54 Å². The van der Waals surface area contributed by atoms with Crippen molar-refractivity contribution < 1.29 is 9.90 Å². The Morgan fingerprint density at radius 3 is 2.70 bits per heavy atom. The number of carbonyl (C=O) groups excluding carboxylic acids is 1. The van der Waals surface area contributed by atoms with Gasteiger partial charge in [0.05, 0.1) is 5.60 Å². The summed E-state index contributed by atoms with van der Waals surface area (Å²) in [6.07, 6.45) is 2.44. The number of carbonyl (C=O) groups is 1. The van der Waals surface area contributed by atoms with Gasteiger partial charge in [-0.05, 0) is 25.0 Å². The molecule has 0 aliphatic heterocycles. The lowest BCUT2D eigenvalue weighted by molar-refractivity contribution is -0.122. The highest BCUT2D eigenvalue weighted by Gasteiger charge is 2.25. The SMILES string of the molecule is CC(C)C(C)(O)CNC(=O)CCc1nncn1-c1ccccc1. The molecule has 1 aromatic carbocycles. The molecule has 0 bridgehead atoms. The van der Waals surface area contributed by atoms with E-state index in [1.807, 2.05) is 48.7 Å². The zero-order valence-corrected chi connectivity index (χ0v) is 13.9. The van der Waals surface area contributed by atoms with Gasteiger partial charge in [0.15, 0.2) is 0 Å². The van der Waals surface area contributed by atoms with Crippen molar-refractivity contribution >= 4 is 5.91 Å². The van der Waals surface area contributed by atoms with E-state index < -0.39 is 5.60 Å². The van der Waals surface area contributed by atoms with Crippen LogP contribution in [-0.4, -0.2) is 37.9 Å². The maximum Gasteiger partial charge on any atom is 0.220 e. The maximum absolute atomic E-state index is 12.0. The predicted octanol–water partition coefficient (Wildman–Crippen LogP) is 1.72. The number of nitrogens with one attached hydrogen (secondary N) is 1. The summed E-state index contributed by atoms with van der Waals surface area (Å²) in [4.78, 5) is 12.0. The number of rotatable bonds is 7. The molecule has 1 heterocycles. The lowest BCUT2D eigenvalue weighted by Gasteiger charge is -2.27. The van der Waals surface area contributed by atoms with E-state index in [9.17, 15) is 9.90 Å². The third kappa shape index (κ3) is 4.63. The van der Waals surface area contributed by atoms with Crippen LogP contribution in [0.5, 0.6) is 0 Å². The highest BCUT2D eigenvalue weighted by molar-refractivity contribution is 5.76. The molecule has 23 heavy (non-hydrogen) atoms. The summed E-state index contributed by atoms with van der Waals surface area (Å²) in [5.41, 5.74) is 0.0651. The quantitative estimate of drug-likeness (QED) is 0.815. The van der Waals surface area contributed by atoms with Gasteiger partial charge < -0.3 is 10.4 Å². The van der Waals surface area contributed by atoms with E-state index in [0.29, 0.717) is 12.8 Å². The molecule has 2 rings (SSSR count). The van der Waals surface area contributed by atoms with Gasteiger partial charge in [-0.1, -0.05) is 32.0 Å². The standard InChI is InChI=1S/C17H24N4O2/c1-13(2)17(3,23)11-18-16(22)10-9-15-20-19-12-21(15)14-7-5-4-6-8-14/h4-8,12-13,23H,9-11H2,1-3H3,(H,18,22).